The summed E-state index contributed by atoms with van der Waals surface area (Å²) >= 11 is 0. The molecule has 2 aromatic rings. The molecule has 1 amide bonds. The van der Waals surface area contributed by atoms with Crippen molar-refractivity contribution in [3.05, 3.63) is 29.5 Å². The predicted octanol–water partition coefficient (Wildman–Crippen LogP) is 0.857. The number of furan rings is 1. The molecule has 17 heavy (non-hydrogen) atoms. The Labute approximate surface area is 96.3 Å². The second-order valence-corrected chi connectivity index (χ2v) is 3.34. The predicted molar refractivity (Wildman–Crippen MR) is 59.8 cm³/mol. The molecule has 6 heteroatoms. The van der Waals surface area contributed by atoms with Crippen molar-refractivity contribution >= 4 is 23.2 Å². The SMILES string of the molecule is COc1cc(C=O)cc2oc(C(=O)NN)cc12. The zero-order chi connectivity index (χ0) is 12.4. The molecule has 0 spiro atoms. The average molecular weight is 234 g/mol. The highest BCUT2D eigenvalue weighted by Gasteiger charge is 2.14. The number of aldehydes is 1. The van der Waals surface area contributed by atoms with E-state index in [2.05, 4.69) is 0 Å². The van der Waals surface area contributed by atoms with E-state index < -0.39 is 5.91 Å². The van der Waals surface area contributed by atoms with Gasteiger partial charge in [-0.05, 0) is 12.1 Å². The van der Waals surface area contributed by atoms with E-state index in [-0.39, 0.29) is 5.76 Å². The molecule has 0 bridgehead atoms. The maximum atomic E-state index is 11.3. The van der Waals surface area contributed by atoms with E-state index in [0.29, 0.717) is 28.6 Å². The zero-order valence-corrected chi connectivity index (χ0v) is 9.02. The van der Waals surface area contributed by atoms with Crippen LogP contribution in [0.4, 0.5) is 0 Å². The molecule has 3 N–H and O–H groups in total. The quantitative estimate of drug-likeness (QED) is 0.355. The van der Waals surface area contributed by atoms with Crippen molar-refractivity contribution in [3.63, 3.8) is 0 Å². The Morgan fingerprint density at radius 1 is 1.47 bits per heavy atom. The minimum atomic E-state index is -0.545. The lowest BCUT2D eigenvalue weighted by atomic mass is 10.1. The number of fused-ring (bicyclic) bond motifs is 1. The Morgan fingerprint density at radius 3 is 2.82 bits per heavy atom. The largest absolute Gasteiger partial charge is 0.496 e. The monoisotopic (exact) mass is 234 g/mol. The molecule has 2 rings (SSSR count). The van der Waals surface area contributed by atoms with Crippen LogP contribution in [0.15, 0.2) is 22.6 Å². The van der Waals surface area contributed by atoms with E-state index in [1.54, 1.807) is 6.07 Å². The van der Waals surface area contributed by atoms with E-state index >= 15 is 0 Å². The molecule has 0 aliphatic carbocycles. The number of carbonyl (C=O) groups excluding carboxylic acids is 2. The Bertz CT molecular complexity index is 588. The topological polar surface area (TPSA) is 94.6 Å². The summed E-state index contributed by atoms with van der Waals surface area (Å²) in [7, 11) is 1.47. The van der Waals surface area contributed by atoms with Gasteiger partial charge in [0.1, 0.15) is 17.6 Å². The first-order valence-electron chi connectivity index (χ1n) is 4.77. The van der Waals surface area contributed by atoms with E-state index in [0.717, 1.165) is 0 Å². The third kappa shape index (κ3) is 1.85. The van der Waals surface area contributed by atoms with Crippen LogP contribution in [0.2, 0.25) is 0 Å². The smallest absolute Gasteiger partial charge is 0.300 e. The van der Waals surface area contributed by atoms with Crippen LogP contribution in [0.25, 0.3) is 11.0 Å². The summed E-state index contributed by atoms with van der Waals surface area (Å²) in [6.07, 6.45) is 0.674. The first-order valence-corrected chi connectivity index (χ1v) is 4.77. The van der Waals surface area contributed by atoms with Gasteiger partial charge >= 0.3 is 5.91 Å². The number of benzene rings is 1. The van der Waals surface area contributed by atoms with Crippen molar-refractivity contribution in [3.8, 4) is 5.75 Å². The molecule has 88 valence electrons. The van der Waals surface area contributed by atoms with Gasteiger partial charge < -0.3 is 9.15 Å². The first kappa shape index (κ1) is 11.2. The second-order valence-electron chi connectivity index (χ2n) is 3.34. The molecule has 0 aliphatic heterocycles. The highest BCUT2D eigenvalue weighted by molar-refractivity contribution is 5.98. The van der Waals surface area contributed by atoms with Crippen LogP contribution in [0.5, 0.6) is 5.75 Å². The highest BCUT2D eigenvalue weighted by Crippen LogP contribution is 2.29. The molecule has 0 fully saturated rings. The second kappa shape index (κ2) is 4.26. The molecule has 0 radical (unpaired) electrons. The van der Waals surface area contributed by atoms with Gasteiger partial charge in [0.15, 0.2) is 5.76 Å². The number of nitrogen functional groups attached to an aromatic ring is 1. The lowest BCUT2D eigenvalue weighted by Crippen LogP contribution is -2.29. The summed E-state index contributed by atoms with van der Waals surface area (Å²) in [6.45, 7) is 0. The number of hydrazine groups is 1. The normalized spacial score (nSPS) is 10.2. The third-order valence-electron chi connectivity index (χ3n) is 2.33. The van der Waals surface area contributed by atoms with Crippen molar-refractivity contribution in [2.45, 2.75) is 0 Å². The molecule has 1 aromatic carbocycles. The standard InChI is InChI=1S/C11H10N2O4/c1-16-8-2-6(5-14)3-9-7(8)4-10(17-9)11(15)13-12/h2-5H,12H2,1H3,(H,13,15). The van der Waals surface area contributed by atoms with Gasteiger partial charge in [0.05, 0.1) is 12.5 Å². The number of rotatable bonds is 3. The summed E-state index contributed by atoms with van der Waals surface area (Å²) in [6, 6.07) is 4.60. The van der Waals surface area contributed by atoms with Crippen LogP contribution in [-0.2, 0) is 0 Å². The average Bonchev–Trinajstić information content (AvgIpc) is 2.80. The molecular formula is C11H10N2O4. The molecule has 0 saturated heterocycles. The van der Waals surface area contributed by atoms with Gasteiger partial charge in [-0.1, -0.05) is 0 Å². The van der Waals surface area contributed by atoms with Gasteiger partial charge in [-0.2, -0.15) is 0 Å². The molecule has 0 aliphatic rings. The summed E-state index contributed by atoms with van der Waals surface area (Å²) in [4.78, 5) is 22.0. The van der Waals surface area contributed by atoms with Gasteiger partial charge in [-0.25, -0.2) is 5.84 Å². The maximum absolute atomic E-state index is 11.3. The van der Waals surface area contributed by atoms with Crippen LogP contribution in [0.3, 0.4) is 0 Å². The highest BCUT2D eigenvalue weighted by atomic mass is 16.5. The van der Waals surface area contributed by atoms with Gasteiger partial charge in [-0.15, -0.1) is 0 Å². The van der Waals surface area contributed by atoms with E-state index in [1.807, 2.05) is 5.43 Å². The van der Waals surface area contributed by atoms with Crippen LogP contribution in [0.1, 0.15) is 20.9 Å². The Hall–Kier alpha value is -2.34. The fourth-order valence-electron chi connectivity index (χ4n) is 1.55. The molecule has 0 saturated carbocycles. The molecular weight excluding hydrogens is 224 g/mol. The molecule has 1 aromatic heterocycles. The van der Waals surface area contributed by atoms with Crippen molar-refractivity contribution < 1.29 is 18.7 Å². The number of ether oxygens (including phenoxy) is 1. The first-order chi connectivity index (χ1) is 8.19. The maximum Gasteiger partial charge on any atom is 0.300 e. The molecule has 0 atom stereocenters. The lowest BCUT2D eigenvalue weighted by Gasteiger charge is -2.00. The van der Waals surface area contributed by atoms with Crippen LogP contribution in [0, 0.1) is 0 Å². The number of amides is 1. The minimum Gasteiger partial charge on any atom is -0.496 e. The minimum absolute atomic E-state index is 0.0591. The summed E-state index contributed by atoms with van der Waals surface area (Å²) in [5.41, 5.74) is 2.76. The van der Waals surface area contributed by atoms with Gasteiger partial charge in [-0.3, -0.25) is 15.0 Å². The van der Waals surface area contributed by atoms with Gasteiger partial charge in [0, 0.05) is 11.6 Å². The fraction of sp³-hybridized carbons (Fsp3) is 0.0909. The number of carbonyl (C=O) groups is 2. The number of hydrogen-bond acceptors (Lipinski definition) is 5. The lowest BCUT2D eigenvalue weighted by molar-refractivity contribution is 0.0928. The Balaban J connectivity index is 2.66. The fourth-order valence-corrected chi connectivity index (χ4v) is 1.55. The third-order valence-corrected chi connectivity index (χ3v) is 2.33. The Kier molecular flexibility index (Phi) is 2.80. The van der Waals surface area contributed by atoms with Crippen LogP contribution < -0.4 is 16.0 Å². The summed E-state index contributed by atoms with van der Waals surface area (Å²) < 4.78 is 10.4. The summed E-state index contributed by atoms with van der Waals surface area (Å²) in [5, 5.41) is 0.608. The van der Waals surface area contributed by atoms with Crippen molar-refractivity contribution in [2.75, 3.05) is 7.11 Å². The van der Waals surface area contributed by atoms with Crippen molar-refractivity contribution in [1.82, 2.24) is 5.43 Å². The number of nitrogens with two attached hydrogens (primary N) is 1. The van der Waals surface area contributed by atoms with Crippen molar-refractivity contribution in [1.29, 1.82) is 0 Å². The number of nitrogens with one attached hydrogen (secondary N) is 1. The van der Waals surface area contributed by atoms with Crippen LogP contribution >= 0.6 is 0 Å². The van der Waals surface area contributed by atoms with Crippen LogP contribution in [-0.4, -0.2) is 19.3 Å². The molecule has 6 nitrogen and oxygen atoms in total. The number of hydrogen-bond donors (Lipinski definition) is 2. The van der Waals surface area contributed by atoms with E-state index in [1.165, 1.54) is 19.2 Å². The number of methoxy groups -OCH3 is 1. The van der Waals surface area contributed by atoms with E-state index in [4.69, 9.17) is 15.0 Å². The van der Waals surface area contributed by atoms with Crippen molar-refractivity contribution in [2.24, 2.45) is 5.84 Å². The van der Waals surface area contributed by atoms with Gasteiger partial charge in [0.2, 0.25) is 0 Å². The Morgan fingerprint density at radius 2 is 2.24 bits per heavy atom. The zero-order valence-electron chi connectivity index (χ0n) is 9.02. The van der Waals surface area contributed by atoms with E-state index in [9.17, 15) is 9.59 Å². The summed E-state index contributed by atoms with van der Waals surface area (Å²) in [5.74, 6) is 4.98. The molecule has 1 heterocycles. The van der Waals surface area contributed by atoms with Gasteiger partial charge in [0.25, 0.3) is 0 Å². The molecule has 0 unspecified atom stereocenters.